The number of amides is 1. The van der Waals surface area contributed by atoms with E-state index in [2.05, 4.69) is 20.6 Å². The van der Waals surface area contributed by atoms with Gasteiger partial charge in [0.05, 0.1) is 17.0 Å². The minimum Gasteiger partial charge on any atom is -0.335 e. The number of halogens is 1. The van der Waals surface area contributed by atoms with Crippen LogP contribution in [0.25, 0.3) is 22.4 Å². The third-order valence-corrected chi connectivity index (χ3v) is 5.77. The lowest BCUT2D eigenvalue weighted by molar-refractivity contribution is 0.102. The molecule has 3 heterocycles. The van der Waals surface area contributed by atoms with Crippen molar-refractivity contribution in [3.8, 4) is 11.3 Å². The smallest absolute Gasteiger partial charge is 0.259 e. The summed E-state index contributed by atoms with van der Waals surface area (Å²) in [5.74, 6) is -0.161. The van der Waals surface area contributed by atoms with Crippen molar-refractivity contribution in [1.82, 2.24) is 19.9 Å². The van der Waals surface area contributed by atoms with Crippen LogP contribution in [0.15, 0.2) is 40.9 Å². The Kier molecular flexibility index (Phi) is 4.77. The zero-order valence-corrected chi connectivity index (χ0v) is 17.4. The summed E-state index contributed by atoms with van der Waals surface area (Å²) in [6.07, 6.45) is 4.64. The molecular weight excluding hydrogens is 397 g/mol. The number of hydrogen-bond acceptors (Lipinski definition) is 5. The molecule has 1 aliphatic rings. The summed E-state index contributed by atoms with van der Waals surface area (Å²) in [7, 11) is 0. The first kappa shape index (κ1) is 19.4. The van der Waals surface area contributed by atoms with E-state index in [1.54, 1.807) is 25.1 Å². The van der Waals surface area contributed by atoms with Crippen LogP contribution in [0, 0.1) is 19.7 Å². The van der Waals surface area contributed by atoms with Crippen LogP contribution in [0.4, 0.5) is 10.2 Å². The minimum atomic E-state index is -0.350. The Morgan fingerprint density at radius 2 is 1.90 bits per heavy atom. The molecule has 5 rings (SSSR count). The molecule has 3 aromatic heterocycles. The molecule has 1 aliphatic carbocycles. The Bertz CT molecular complexity index is 1270. The molecular formula is C23H22FN5O2. The standard InChI is InChI=1S/C23H22FN5O2/c1-13-11-18(20-21(28-31-23(20)25-13)15-7-9-16(24)10-8-15)22(30)26-19-12-14(2)29(27-19)17-5-3-4-6-17/h7-12,17H,3-6H2,1-2H3,(H,26,27,30). The molecule has 8 heteroatoms. The van der Waals surface area contributed by atoms with E-state index in [9.17, 15) is 9.18 Å². The first-order valence-corrected chi connectivity index (χ1v) is 10.4. The Labute approximate surface area is 178 Å². The molecule has 0 radical (unpaired) electrons. The van der Waals surface area contributed by atoms with Gasteiger partial charge in [-0.3, -0.25) is 9.48 Å². The molecule has 0 bridgehead atoms. The van der Waals surface area contributed by atoms with Crippen LogP contribution < -0.4 is 5.32 Å². The Hall–Kier alpha value is -3.55. The maximum Gasteiger partial charge on any atom is 0.259 e. The van der Waals surface area contributed by atoms with Crippen LogP contribution in [0.1, 0.15) is 53.5 Å². The van der Waals surface area contributed by atoms with Gasteiger partial charge in [0.25, 0.3) is 11.6 Å². The summed E-state index contributed by atoms with van der Waals surface area (Å²) in [5, 5.41) is 12.1. The number of aryl methyl sites for hydroxylation is 2. The number of carbonyl (C=O) groups excluding carboxylic acids is 1. The van der Waals surface area contributed by atoms with Gasteiger partial charge in [0.1, 0.15) is 11.5 Å². The monoisotopic (exact) mass is 419 g/mol. The van der Waals surface area contributed by atoms with Gasteiger partial charge in [-0.2, -0.15) is 5.10 Å². The molecule has 0 atom stereocenters. The average Bonchev–Trinajstić information content (AvgIpc) is 3.48. The van der Waals surface area contributed by atoms with Crippen molar-refractivity contribution >= 4 is 22.8 Å². The van der Waals surface area contributed by atoms with Crippen molar-refractivity contribution in [3.05, 3.63) is 59.2 Å². The highest BCUT2D eigenvalue weighted by atomic mass is 19.1. The number of fused-ring (bicyclic) bond motifs is 1. The fraction of sp³-hybridized carbons (Fsp3) is 0.304. The van der Waals surface area contributed by atoms with E-state index in [1.165, 1.54) is 25.0 Å². The number of carbonyl (C=O) groups is 1. The molecule has 0 aliphatic heterocycles. The van der Waals surface area contributed by atoms with Crippen LogP contribution in [0.2, 0.25) is 0 Å². The van der Waals surface area contributed by atoms with Gasteiger partial charge >= 0.3 is 0 Å². The van der Waals surface area contributed by atoms with Crippen LogP contribution in [0.3, 0.4) is 0 Å². The summed E-state index contributed by atoms with van der Waals surface area (Å²) in [6, 6.07) is 9.86. The number of pyridine rings is 1. The number of rotatable bonds is 4. The zero-order chi connectivity index (χ0) is 21.5. The van der Waals surface area contributed by atoms with Crippen molar-refractivity contribution in [1.29, 1.82) is 0 Å². The van der Waals surface area contributed by atoms with Gasteiger partial charge in [-0.1, -0.05) is 18.0 Å². The SMILES string of the molecule is Cc1cc(C(=O)Nc2cc(C)n(C3CCCC3)n2)c2c(-c3ccc(F)cc3)noc2n1. The minimum absolute atomic E-state index is 0.261. The van der Waals surface area contributed by atoms with Gasteiger partial charge < -0.3 is 9.84 Å². The van der Waals surface area contributed by atoms with E-state index in [0.717, 1.165) is 18.5 Å². The lowest BCUT2D eigenvalue weighted by Gasteiger charge is -2.11. The Morgan fingerprint density at radius 3 is 2.65 bits per heavy atom. The number of aromatic nitrogens is 4. The molecule has 0 spiro atoms. The maximum absolute atomic E-state index is 13.4. The fourth-order valence-corrected chi connectivity index (χ4v) is 4.31. The third kappa shape index (κ3) is 3.58. The molecule has 1 amide bonds. The molecule has 0 unspecified atom stereocenters. The highest BCUT2D eigenvalue weighted by Gasteiger charge is 2.23. The first-order valence-electron chi connectivity index (χ1n) is 10.4. The van der Waals surface area contributed by atoms with Crippen LogP contribution in [-0.4, -0.2) is 25.8 Å². The van der Waals surface area contributed by atoms with E-state index in [4.69, 9.17) is 4.52 Å². The van der Waals surface area contributed by atoms with Gasteiger partial charge in [-0.25, -0.2) is 9.37 Å². The Morgan fingerprint density at radius 1 is 1.16 bits per heavy atom. The number of anilines is 1. The predicted molar refractivity (Wildman–Crippen MR) is 114 cm³/mol. The van der Waals surface area contributed by atoms with Crippen molar-refractivity contribution in [2.24, 2.45) is 0 Å². The van der Waals surface area contributed by atoms with Crippen molar-refractivity contribution < 1.29 is 13.7 Å². The summed E-state index contributed by atoms with van der Waals surface area (Å²) >= 11 is 0. The molecule has 158 valence electrons. The van der Waals surface area contributed by atoms with E-state index in [-0.39, 0.29) is 17.4 Å². The molecule has 1 aromatic carbocycles. The van der Waals surface area contributed by atoms with Crippen LogP contribution in [0.5, 0.6) is 0 Å². The topological polar surface area (TPSA) is 85.8 Å². The van der Waals surface area contributed by atoms with Gasteiger partial charge in [0.2, 0.25) is 0 Å². The second-order valence-corrected chi connectivity index (χ2v) is 8.04. The summed E-state index contributed by atoms with van der Waals surface area (Å²) in [6.45, 7) is 3.79. The molecule has 4 aromatic rings. The molecule has 1 N–H and O–H groups in total. The molecule has 0 saturated heterocycles. The second-order valence-electron chi connectivity index (χ2n) is 8.04. The van der Waals surface area contributed by atoms with Crippen molar-refractivity contribution in [2.45, 2.75) is 45.6 Å². The first-order chi connectivity index (χ1) is 15.0. The molecule has 1 saturated carbocycles. The van der Waals surface area contributed by atoms with E-state index < -0.39 is 0 Å². The summed E-state index contributed by atoms with van der Waals surface area (Å²) < 4.78 is 20.8. The van der Waals surface area contributed by atoms with Crippen LogP contribution in [-0.2, 0) is 0 Å². The summed E-state index contributed by atoms with van der Waals surface area (Å²) in [5.41, 5.74) is 3.39. The van der Waals surface area contributed by atoms with E-state index in [0.29, 0.717) is 39.8 Å². The van der Waals surface area contributed by atoms with Gasteiger partial charge in [0, 0.05) is 23.0 Å². The third-order valence-electron chi connectivity index (χ3n) is 5.77. The highest BCUT2D eigenvalue weighted by Crippen LogP contribution is 2.32. The predicted octanol–water partition coefficient (Wildman–Crippen LogP) is 5.21. The van der Waals surface area contributed by atoms with Crippen molar-refractivity contribution in [3.63, 3.8) is 0 Å². The lowest BCUT2D eigenvalue weighted by Crippen LogP contribution is -2.14. The van der Waals surface area contributed by atoms with Crippen LogP contribution >= 0.6 is 0 Å². The summed E-state index contributed by atoms with van der Waals surface area (Å²) in [4.78, 5) is 17.6. The zero-order valence-electron chi connectivity index (χ0n) is 17.4. The molecule has 31 heavy (non-hydrogen) atoms. The van der Waals surface area contributed by atoms with Gasteiger partial charge in [-0.15, -0.1) is 0 Å². The van der Waals surface area contributed by atoms with E-state index in [1.807, 2.05) is 17.7 Å². The number of nitrogens with zero attached hydrogens (tertiary/aromatic N) is 4. The largest absolute Gasteiger partial charge is 0.335 e. The number of hydrogen-bond donors (Lipinski definition) is 1. The highest BCUT2D eigenvalue weighted by molar-refractivity contribution is 6.14. The quantitative estimate of drug-likeness (QED) is 0.491. The normalized spacial score (nSPS) is 14.4. The number of nitrogens with one attached hydrogen (secondary N) is 1. The second kappa shape index (κ2) is 7.61. The molecule has 1 fully saturated rings. The fourth-order valence-electron chi connectivity index (χ4n) is 4.31. The number of benzene rings is 1. The molecule has 7 nitrogen and oxygen atoms in total. The van der Waals surface area contributed by atoms with Gasteiger partial charge in [0.15, 0.2) is 5.82 Å². The van der Waals surface area contributed by atoms with Gasteiger partial charge in [-0.05, 0) is 57.0 Å². The maximum atomic E-state index is 13.4. The van der Waals surface area contributed by atoms with Crippen molar-refractivity contribution in [2.75, 3.05) is 5.32 Å². The lowest BCUT2D eigenvalue weighted by atomic mass is 10.0. The Balaban J connectivity index is 1.52. The van der Waals surface area contributed by atoms with E-state index >= 15 is 0 Å². The average molecular weight is 419 g/mol.